The number of amides is 1. The second kappa shape index (κ2) is 7.30. The first kappa shape index (κ1) is 18.4. The number of pyridine rings is 1. The van der Waals surface area contributed by atoms with Gasteiger partial charge in [0.05, 0.1) is 7.11 Å². The van der Waals surface area contributed by atoms with E-state index in [1.54, 1.807) is 13.3 Å². The molecule has 5 heteroatoms. The second-order valence-electron chi connectivity index (χ2n) is 8.40. The Morgan fingerprint density at radius 3 is 2.90 bits per heavy atom. The molecule has 3 aliphatic rings. The van der Waals surface area contributed by atoms with Crippen molar-refractivity contribution in [3.05, 3.63) is 66.0 Å². The molecule has 2 aromatic rings. The second-order valence-corrected chi connectivity index (χ2v) is 8.40. The average Bonchev–Trinajstić information content (AvgIpc) is 3.39. The summed E-state index contributed by atoms with van der Waals surface area (Å²) in [6, 6.07) is 12.5. The van der Waals surface area contributed by atoms with Gasteiger partial charge in [-0.15, -0.1) is 0 Å². The molecule has 0 aliphatic carbocycles. The summed E-state index contributed by atoms with van der Waals surface area (Å²) in [5.41, 5.74) is 2.00. The van der Waals surface area contributed by atoms with E-state index in [4.69, 9.17) is 4.74 Å². The van der Waals surface area contributed by atoms with Gasteiger partial charge in [0.1, 0.15) is 11.3 Å². The van der Waals surface area contributed by atoms with Crippen LogP contribution in [0.3, 0.4) is 0 Å². The Kier molecular flexibility index (Phi) is 4.63. The molecule has 0 radical (unpaired) electrons. The maximum atomic E-state index is 13.5. The smallest absolute Gasteiger partial charge is 0.243 e. The Balaban J connectivity index is 1.33. The summed E-state index contributed by atoms with van der Waals surface area (Å²) in [5, 5.41) is 0. The fourth-order valence-electron chi connectivity index (χ4n) is 5.60. The highest BCUT2D eigenvalue weighted by atomic mass is 16.5. The lowest BCUT2D eigenvalue weighted by atomic mass is 9.85. The van der Waals surface area contributed by atoms with E-state index < -0.39 is 0 Å². The minimum atomic E-state index is -0.281. The zero-order valence-electron chi connectivity index (χ0n) is 16.8. The molecule has 1 aromatic heterocycles. The van der Waals surface area contributed by atoms with Crippen molar-refractivity contribution in [3.8, 4) is 5.75 Å². The largest absolute Gasteiger partial charge is 0.497 e. The van der Waals surface area contributed by atoms with Crippen molar-refractivity contribution in [1.82, 2.24) is 14.8 Å². The Bertz CT molecular complexity index is 911. The minimum Gasteiger partial charge on any atom is -0.497 e. The van der Waals surface area contributed by atoms with Crippen LogP contribution >= 0.6 is 0 Å². The van der Waals surface area contributed by atoms with Crippen LogP contribution in [0.15, 0.2) is 54.9 Å². The molecular weight excluding hydrogens is 362 g/mol. The van der Waals surface area contributed by atoms with E-state index in [-0.39, 0.29) is 5.54 Å². The van der Waals surface area contributed by atoms with Crippen LogP contribution in [0, 0.1) is 5.92 Å². The number of carbonyl (C=O) groups is 1. The van der Waals surface area contributed by atoms with Crippen LogP contribution in [-0.4, -0.2) is 52.5 Å². The molecule has 3 fully saturated rings. The number of hydrogen-bond acceptors (Lipinski definition) is 4. The van der Waals surface area contributed by atoms with Gasteiger partial charge < -0.3 is 9.64 Å². The van der Waals surface area contributed by atoms with Crippen molar-refractivity contribution in [2.75, 3.05) is 20.2 Å². The van der Waals surface area contributed by atoms with Crippen LogP contribution < -0.4 is 4.74 Å². The van der Waals surface area contributed by atoms with E-state index in [0.717, 1.165) is 43.7 Å². The number of aromatic nitrogens is 1. The van der Waals surface area contributed by atoms with E-state index in [2.05, 4.69) is 45.1 Å². The summed E-state index contributed by atoms with van der Waals surface area (Å²) < 4.78 is 5.24. The predicted octanol–water partition coefficient (Wildman–Crippen LogP) is 3.37. The van der Waals surface area contributed by atoms with Crippen molar-refractivity contribution in [3.63, 3.8) is 0 Å². The van der Waals surface area contributed by atoms with Crippen LogP contribution in [0.1, 0.15) is 30.4 Å². The number of hydrogen-bond donors (Lipinski definition) is 0. The van der Waals surface area contributed by atoms with Gasteiger partial charge in [-0.1, -0.05) is 30.4 Å². The van der Waals surface area contributed by atoms with Crippen LogP contribution in [0.25, 0.3) is 6.08 Å². The number of rotatable bonds is 5. The highest BCUT2D eigenvalue weighted by Crippen LogP contribution is 2.51. The van der Waals surface area contributed by atoms with Crippen LogP contribution in [-0.2, 0) is 11.3 Å². The molecule has 4 heterocycles. The molecule has 1 spiro atoms. The van der Waals surface area contributed by atoms with E-state index in [0.29, 0.717) is 24.4 Å². The summed E-state index contributed by atoms with van der Waals surface area (Å²) in [5.74, 6) is 1.61. The highest BCUT2D eigenvalue weighted by molar-refractivity contribution is 5.90. The quantitative estimate of drug-likeness (QED) is 0.787. The molecule has 0 saturated carbocycles. The molecular formula is C24H27N3O2. The molecule has 3 saturated heterocycles. The highest BCUT2D eigenvalue weighted by Gasteiger charge is 2.64. The molecule has 0 bridgehead atoms. The van der Waals surface area contributed by atoms with Crippen LogP contribution in [0.4, 0.5) is 0 Å². The molecule has 29 heavy (non-hydrogen) atoms. The SMILES string of the molecule is COc1ccc(/C=C/[C@@H]2C[C@H]3CN(Cc4cccnc4)C(=O)[C@]34CCCN24)cc1. The summed E-state index contributed by atoms with van der Waals surface area (Å²) in [6.45, 7) is 2.54. The van der Waals surface area contributed by atoms with Gasteiger partial charge in [0.15, 0.2) is 0 Å². The maximum absolute atomic E-state index is 13.5. The van der Waals surface area contributed by atoms with Crippen molar-refractivity contribution >= 4 is 12.0 Å². The summed E-state index contributed by atoms with van der Waals surface area (Å²) in [4.78, 5) is 22.3. The van der Waals surface area contributed by atoms with Gasteiger partial charge in [-0.05, 0) is 55.1 Å². The Morgan fingerprint density at radius 2 is 2.14 bits per heavy atom. The standard InChI is InChI=1S/C24H27N3O2/c1-29-22-9-6-18(7-10-22)5-8-21-14-20-17-26(16-19-4-2-12-25-15-19)23(28)24(20)11-3-13-27(21)24/h2,4-10,12,15,20-21H,3,11,13-14,16-17H2,1H3/b8-5+/t20-,21+,24-/m0/s1. The lowest BCUT2D eigenvalue weighted by molar-refractivity contribution is -0.137. The minimum absolute atomic E-state index is 0.281. The Hall–Kier alpha value is -2.66. The molecule has 5 rings (SSSR count). The van der Waals surface area contributed by atoms with Gasteiger partial charge in [0, 0.05) is 37.4 Å². The number of likely N-dealkylation sites (tertiary alicyclic amines) is 1. The fraction of sp³-hybridized carbons (Fsp3) is 0.417. The van der Waals surface area contributed by atoms with Gasteiger partial charge in [0.2, 0.25) is 5.91 Å². The van der Waals surface area contributed by atoms with Crippen LogP contribution in [0.5, 0.6) is 5.75 Å². The van der Waals surface area contributed by atoms with Gasteiger partial charge in [0.25, 0.3) is 0 Å². The Morgan fingerprint density at radius 1 is 1.28 bits per heavy atom. The predicted molar refractivity (Wildman–Crippen MR) is 112 cm³/mol. The molecule has 150 valence electrons. The molecule has 3 aliphatic heterocycles. The summed E-state index contributed by atoms with van der Waals surface area (Å²) >= 11 is 0. The van der Waals surface area contributed by atoms with Crippen LogP contribution in [0.2, 0.25) is 0 Å². The normalized spacial score (nSPS) is 28.9. The molecule has 5 nitrogen and oxygen atoms in total. The van der Waals surface area contributed by atoms with E-state index in [1.807, 2.05) is 24.4 Å². The topological polar surface area (TPSA) is 45.7 Å². The zero-order chi connectivity index (χ0) is 19.8. The molecule has 1 aromatic carbocycles. The van der Waals surface area contributed by atoms with Gasteiger partial charge in [-0.2, -0.15) is 0 Å². The molecule has 3 atom stereocenters. The van der Waals surface area contributed by atoms with Crippen molar-refractivity contribution in [2.45, 2.75) is 37.4 Å². The third-order valence-corrected chi connectivity index (χ3v) is 6.89. The number of nitrogens with zero attached hydrogens (tertiary/aromatic N) is 3. The lowest BCUT2D eigenvalue weighted by Crippen LogP contribution is -2.50. The van der Waals surface area contributed by atoms with Gasteiger partial charge >= 0.3 is 0 Å². The zero-order valence-corrected chi connectivity index (χ0v) is 16.8. The first-order valence-electron chi connectivity index (χ1n) is 10.5. The number of methoxy groups -OCH3 is 1. The number of carbonyl (C=O) groups excluding carboxylic acids is 1. The molecule has 0 unspecified atom stereocenters. The fourth-order valence-corrected chi connectivity index (χ4v) is 5.60. The van der Waals surface area contributed by atoms with Gasteiger partial charge in [-0.25, -0.2) is 0 Å². The molecule has 0 N–H and O–H groups in total. The first-order valence-corrected chi connectivity index (χ1v) is 10.5. The Labute approximate surface area is 172 Å². The summed E-state index contributed by atoms with van der Waals surface area (Å²) in [6.07, 6.45) is 11.3. The van der Waals surface area contributed by atoms with E-state index in [1.165, 1.54) is 5.56 Å². The third-order valence-electron chi connectivity index (χ3n) is 6.89. The van der Waals surface area contributed by atoms with E-state index in [9.17, 15) is 4.79 Å². The number of ether oxygens (including phenoxy) is 1. The lowest BCUT2D eigenvalue weighted by Gasteiger charge is -2.32. The van der Waals surface area contributed by atoms with Crippen molar-refractivity contribution in [2.24, 2.45) is 5.92 Å². The maximum Gasteiger partial charge on any atom is 0.243 e. The van der Waals surface area contributed by atoms with E-state index >= 15 is 0 Å². The number of benzene rings is 1. The van der Waals surface area contributed by atoms with Crippen molar-refractivity contribution < 1.29 is 9.53 Å². The van der Waals surface area contributed by atoms with Gasteiger partial charge in [-0.3, -0.25) is 14.7 Å². The monoisotopic (exact) mass is 389 g/mol. The first-order chi connectivity index (χ1) is 14.2. The molecule has 1 amide bonds. The summed E-state index contributed by atoms with van der Waals surface area (Å²) in [7, 11) is 1.68. The average molecular weight is 389 g/mol. The van der Waals surface area contributed by atoms with Crippen molar-refractivity contribution in [1.29, 1.82) is 0 Å². The third kappa shape index (κ3) is 3.04.